The summed E-state index contributed by atoms with van der Waals surface area (Å²) in [5.41, 5.74) is 3.25. The molecule has 1 atom stereocenters. The second-order valence-corrected chi connectivity index (χ2v) is 7.46. The van der Waals surface area contributed by atoms with E-state index in [-0.39, 0.29) is 17.4 Å². The first-order chi connectivity index (χ1) is 14.0. The van der Waals surface area contributed by atoms with Crippen molar-refractivity contribution in [3.63, 3.8) is 0 Å². The number of halogens is 1. The number of amides is 1. The van der Waals surface area contributed by atoms with E-state index >= 15 is 0 Å². The Bertz CT molecular complexity index is 1090. The molecule has 0 spiro atoms. The van der Waals surface area contributed by atoms with E-state index in [1.54, 1.807) is 22.8 Å². The van der Waals surface area contributed by atoms with Gasteiger partial charge in [-0.1, -0.05) is 12.1 Å². The van der Waals surface area contributed by atoms with Crippen LogP contribution in [0.25, 0.3) is 5.52 Å². The van der Waals surface area contributed by atoms with Gasteiger partial charge in [0.15, 0.2) is 0 Å². The number of rotatable bonds is 4. The van der Waals surface area contributed by atoms with Gasteiger partial charge in [-0.25, -0.2) is 13.7 Å². The van der Waals surface area contributed by atoms with Crippen molar-refractivity contribution >= 4 is 17.4 Å². The standard InChI is InChI=1S/C22H22FN3O3/c1-14-4-3-8-26-20(14)18(12-24-26)21(27)25-9-7-16(13-25)10-15-5-6-19(23)17(11-15)22(28)29-2/h3-6,8,11-12,16H,7,9-10,13H2,1-2H3. The molecule has 29 heavy (non-hydrogen) atoms. The highest BCUT2D eigenvalue weighted by molar-refractivity contribution is 6.01. The zero-order valence-corrected chi connectivity index (χ0v) is 16.4. The average Bonchev–Trinajstić information content (AvgIpc) is 3.36. The number of hydrogen-bond donors (Lipinski definition) is 0. The number of ether oxygens (including phenoxy) is 1. The molecule has 1 amide bonds. The molecule has 3 heterocycles. The van der Waals surface area contributed by atoms with Crippen molar-refractivity contribution in [2.45, 2.75) is 19.8 Å². The number of nitrogens with zero attached hydrogens (tertiary/aromatic N) is 3. The van der Waals surface area contributed by atoms with E-state index in [1.807, 2.05) is 30.2 Å². The molecule has 2 aromatic heterocycles. The van der Waals surface area contributed by atoms with Crippen LogP contribution in [0.2, 0.25) is 0 Å². The molecule has 150 valence electrons. The van der Waals surface area contributed by atoms with Crippen LogP contribution < -0.4 is 0 Å². The first kappa shape index (κ1) is 19.1. The van der Waals surface area contributed by atoms with Crippen LogP contribution in [-0.2, 0) is 11.2 Å². The summed E-state index contributed by atoms with van der Waals surface area (Å²) in [5, 5.41) is 4.29. The quantitative estimate of drug-likeness (QED) is 0.636. The van der Waals surface area contributed by atoms with Crippen LogP contribution in [0.1, 0.15) is 38.3 Å². The molecule has 0 aliphatic carbocycles. The Morgan fingerprint density at radius 3 is 2.90 bits per heavy atom. The number of fused-ring (bicyclic) bond motifs is 1. The lowest BCUT2D eigenvalue weighted by Crippen LogP contribution is -2.29. The summed E-state index contributed by atoms with van der Waals surface area (Å²) in [6.07, 6.45) is 4.98. The third-order valence-electron chi connectivity index (χ3n) is 5.51. The number of likely N-dealkylation sites (tertiary alicyclic amines) is 1. The molecule has 6 nitrogen and oxygen atoms in total. The highest BCUT2D eigenvalue weighted by Gasteiger charge is 2.29. The number of hydrogen-bond acceptors (Lipinski definition) is 4. The van der Waals surface area contributed by atoms with Crippen molar-refractivity contribution in [1.82, 2.24) is 14.5 Å². The van der Waals surface area contributed by atoms with E-state index in [0.717, 1.165) is 23.1 Å². The van der Waals surface area contributed by atoms with Gasteiger partial charge in [0, 0.05) is 19.3 Å². The molecule has 1 saturated heterocycles. The number of aryl methyl sites for hydroxylation is 1. The van der Waals surface area contributed by atoms with E-state index in [4.69, 9.17) is 0 Å². The van der Waals surface area contributed by atoms with Crippen LogP contribution in [0.5, 0.6) is 0 Å². The van der Waals surface area contributed by atoms with Crippen LogP contribution in [0, 0.1) is 18.7 Å². The second kappa shape index (κ2) is 7.66. The maximum absolute atomic E-state index is 13.8. The molecular formula is C22H22FN3O3. The molecule has 0 radical (unpaired) electrons. The number of pyridine rings is 1. The molecule has 0 bridgehead atoms. The van der Waals surface area contributed by atoms with Gasteiger partial charge in [-0.05, 0) is 55.0 Å². The van der Waals surface area contributed by atoms with Gasteiger partial charge in [0.25, 0.3) is 5.91 Å². The van der Waals surface area contributed by atoms with Crippen LogP contribution in [-0.4, -0.2) is 46.6 Å². The van der Waals surface area contributed by atoms with Crippen LogP contribution in [0.4, 0.5) is 4.39 Å². The molecular weight excluding hydrogens is 373 g/mol. The number of benzene rings is 1. The maximum atomic E-state index is 13.8. The van der Waals surface area contributed by atoms with Crippen LogP contribution >= 0.6 is 0 Å². The SMILES string of the molecule is COC(=O)c1cc(CC2CCN(C(=O)c3cnn4cccc(C)c34)C2)ccc1F. The third-order valence-corrected chi connectivity index (χ3v) is 5.51. The minimum absolute atomic E-state index is 0.0221. The molecule has 4 rings (SSSR count). The fourth-order valence-corrected chi connectivity index (χ4v) is 4.03. The summed E-state index contributed by atoms with van der Waals surface area (Å²) in [7, 11) is 1.23. The average molecular weight is 395 g/mol. The van der Waals surface area contributed by atoms with E-state index in [1.165, 1.54) is 13.2 Å². The number of esters is 1. The zero-order valence-electron chi connectivity index (χ0n) is 16.4. The topological polar surface area (TPSA) is 63.9 Å². The van der Waals surface area contributed by atoms with Crippen molar-refractivity contribution < 1.29 is 18.7 Å². The number of methoxy groups -OCH3 is 1. The fourth-order valence-electron chi connectivity index (χ4n) is 4.03. The van der Waals surface area contributed by atoms with Gasteiger partial charge >= 0.3 is 5.97 Å². The fraction of sp³-hybridized carbons (Fsp3) is 0.318. The van der Waals surface area contributed by atoms with E-state index in [9.17, 15) is 14.0 Å². The Morgan fingerprint density at radius 2 is 2.10 bits per heavy atom. The second-order valence-electron chi connectivity index (χ2n) is 7.46. The predicted molar refractivity (Wildman–Crippen MR) is 105 cm³/mol. The highest BCUT2D eigenvalue weighted by Crippen LogP contribution is 2.25. The Hall–Kier alpha value is -3.22. The summed E-state index contributed by atoms with van der Waals surface area (Å²) in [6.45, 7) is 3.25. The van der Waals surface area contributed by atoms with Gasteiger partial charge in [0.05, 0.1) is 30.0 Å². The van der Waals surface area contributed by atoms with Gasteiger partial charge in [-0.15, -0.1) is 0 Å². The molecule has 3 aromatic rings. The van der Waals surface area contributed by atoms with E-state index < -0.39 is 11.8 Å². The van der Waals surface area contributed by atoms with E-state index in [2.05, 4.69) is 9.84 Å². The monoisotopic (exact) mass is 395 g/mol. The van der Waals surface area contributed by atoms with Crippen molar-refractivity contribution in [2.24, 2.45) is 5.92 Å². The van der Waals surface area contributed by atoms with Gasteiger partial charge in [-0.3, -0.25) is 4.79 Å². The van der Waals surface area contributed by atoms with Crippen LogP contribution in [0.3, 0.4) is 0 Å². The Morgan fingerprint density at radius 1 is 1.28 bits per heavy atom. The first-order valence-electron chi connectivity index (χ1n) is 9.57. The van der Waals surface area contributed by atoms with Crippen molar-refractivity contribution in [1.29, 1.82) is 0 Å². The summed E-state index contributed by atoms with van der Waals surface area (Å²) < 4.78 is 20.2. The number of carbonyl (C=O) groups is 2. The third kappa shape index (κ3) is 3.60. The molecule has 1 fully saturated rings. The summed E-state index contributed by atoms with van der Waals surface area (Å²) >= 11 is 0. The molecule has 0 N–H and O–H groups in total. The molecule has 1 unspecified atom stereocenters. The summed E-state index contributed by atoms with van der Waals surface area (Å²) in [6, 6.07) is 8.39. The molecule has 7 heteroatoms. The predicted octanol–water partition coefficient (Wildman–Crippen LogP) is 3.27. The smallest absolute Gasteiger partial charge is 0.340 e. The maximum Gasteiger partial charge on any atom is 0.340 e. The lowest BCUT2D eigenvalue weighted by Gasteiger charge is -2.16. The number of aromatic nitrogens is 2. The lowest BCUT2D eigenvalue weighted by molar-refractivity contribution is 0.0595. The van der Waals surface area contributed by atoms with Gasteiger partial charge in [-0.2, -0.15) is 5.10 Å². The van der Waals surface area contributed by atoms with Crippen molar-refractivity contribution in [3.8, 4) is 0 Å². The zero-order chi connectivity index (χ0) is 20.5. The summed E-state index contributed by atoms with van der Waals surface area (Å²) in [4.78, 5) is 26.6. The largest absolute Gasteiger partial charge is 0.465 e. The molecule has 1 aliphatic heterocycles. The minimum Gasteiger partial charge on any atom is -0.465 e. The molecule has 0 saturated carbocycles. The molecule has 1 aromatic carbocycles. The molecule has 1 aliphatic rings. The Labute approximate surface area is 167 Å². The van der Waals surface area contributed by atoms with Crippen molar-refractivity contribution in [2.75, 3.05) is 20.2 Å². The Kier molecular flexibility index (Phi) is 5.05. The highest BCUT2D eigenvalue weighted by atomic mass is 19.1. The van der Waals surface area contributed by atoms with Crippen LogP contribution in [0.15, 0.2) is 42.7 Å². The van der Waals surface area contributed by atoms with Gasteiger partial charge < -0.3 is 9.64 Å². The first-order valence-corrected chi connectivity index (χ1v) is 9.57. The van der Waals surface area contributed by atoms with Gasteiger partial charge in [0.1, 0.15) is 5.82 Å². The van der Waals surface area contributed by atoms with E-state index in [0.29, 0.717) is 25.1 Å². The number of carbonyl (C=O) groups excluding carboxylic acids is 2. The summed E-state index contributed by atoms with van der Waals surface area (Å²) in [5.74, 6) is -1.05. The Balaban J connectivity index is 1.48. The van der Waals surface area contributed by atoms with Crippen molar-refractivity contribution in [3.05, 3.63) is 70.8 Å². The lowest BCUT2D eigenvalue weighted by atomic mass is 9.97. The normalized spacial score (nSPS) is 16.4. The minimum atomic E-state index is -0.684. The van der Waals surface area contributed by atoms with Gasteiger partial charge in [0.2, 0.25) is 0 Å².